The summed E-state index contributed by atoms with van der Waals surface area (Å²) in [4.78, 5) is 4.48. The molecule has 0 bridgehead atoms. The summed E-state index contributed by atoms with van der Waals surface area (Å²) in [5, 5.41) is 6.27. The van der Waals surface area contributed by atoms with Gasteiger partial charge in [0.1, 0.15) is 0 Å². The molecule has 2 aromatic rings. The molecule has 2 N–H and O–H groups in total. The van der Waals surface area contributed by atoms with Crippen LogP contribution in [0.5, 0.6) is 0 Å². The number of benzene rings is 2. The van der Waals surface area contributed by atoms with E-state index in [0.717, 1.165) is 0 Å². The number of rotatable bonds is 6. The molecule has 0 aromatic heterocycles. The van der Waals surface area contributed by atoms with Gasteiger partial charge >= 0.3 is 0 Å². The third-order valence-corrected chi connectivity index (χ3v) is 5.67. The Morgan fingerprint density at radius 3 is 2.35 bits per heavy atom. The zero-order chi connectivity index (χ0) is 18.3. The lowest BCUT2D eigenvalue weighted by Crippen LogP contribution is -2.39. The summed E-state index contributed by atoms with van der Waals surface area (Å²) in [7, 11) is -1.62. The number of nitrogens with zero attached hydrogens (tertiary/aromatic N) is 1. The highest BCUT2D eigenvalue weighted by molar-refractivity contribution is 14.0. The first-order valence-corrected chi connectivity index (χ1v) is 9.86. The minimum atomic E-state index is -3.29. The molecule has 0 aliphatic rings. The van der Waals surface area contributed by atoms with E-state index < -0.39 is 9.84 Å². The molecule has 5 nitrogen and oxygen atoms in total. The Hall–Kier alpha value is -1.61. The Morgan fingerprint density at radius 1 is 1.04 bits per heavy atom. The zero-order valence-corrected chi connectivity index (χ0v) is 18.5. The molecule has 26 heavy (non-hydrogen) atoms. The van der Waals surface area contributed by atoms with E-state index in [-0.39, 0.29) is 29.7 Å². The summed E-state index contributed by atoms with van der Waals surface area (Å²) < 4.78 is 24.5. The first-order valence-electron chi connectivity index (χ1n) is 8.21. The van der Waals surface area contributed by atoms with Crippen LogP contribution < -0.4 is 10.6 Å². The molecule has 0 fully saturated rings. The molecule has 0 saturated carbocycles. The van der Waals surface area contributed by atoms with Gasteiger partial charge in [0, 0.05) is 20.1 Å². The number of guanidine groups is 1. The van der Waals surface area contributed by atoms with Crippen molar-refractivity contribution >= 4 is 39.8 Å². The Morgan fingerprint density at radius 2 is 1.73 bits per heavy atom. The normalized spacial score (nSPS) is 11.6. The standard InChI is InChI=1S/C19H25N3O2S.HI/c1-15-9-10-17(16(2)13-15)14-22-19(20-3)21-11-12-25(23,24)18-7-5-4-6-8-18;/h4-10,13H,11-12,14H2,1-3H3,(H2,20,21,22);1H. The molecule has 0 radical (unpaired) electrons. The highest BCUT2D eigenvalue weighted by Gasteiger charge is 2.13. The predicted octanol–water partition coefficient (Wildman–Crippen LogP) is 3.06. The number of sulfone groups is 1. The second kappa shape index (κ2) is 10.5. The first-order chi connectivity index (χ1) is 11.9. The van der Waals surface area contributed by atoms with Crippen LogP contribution in [-0.4, -0.2) is 33.7 Å². The molecule has 2 rings (SSSR count). The molecule has 2 aromatic carbocycles. The van der Waals surface area contributed by atoms with Crippen LogP contribution in [0.1, 0.15) is 16.7 Å². The van der Waals surface area contributed by atoms with E-state index in [9.17, 15) is 8.42 Å². The van der Waals surface area contributed by atoms with Gasteiger partial charge in [-0.3, -0.25) is 4.99 Å². The van der Waals surface area contributed by atoms with Gasteiger partial charge in [0.15, 0.2) is 15.8 Å². The van der Waals surface area contributed by atoms with Crippen molar-refractivity contribution in [3.05, 3.63) is 65.2 Å². The average Bonchev–Trinajstić information content (AvgIpc) is 2.60. The molecule has 0 atom stereocenters. The van der Waals surface area contributed by atoms with E-state index >= 15 is 0 Å². The highest BCUT2D eigenvalue weighted by atomic mass is 127. The smallest absolute Gasteiger partial charge is 0.191 e. The lowest BCUT2D eigenvalue weighted by molar-refractivity contribution is 0.594. The molecule has 0 spiro atoms. The molecule has 0 heterocycles. The van der Waals surface area contributed by atoms with Crippen LogP contribution in [0.2, 0.25) is 0 Å². The topological polar surface area (TPSA) is 70.6 Å². The third-order valence-electron chi connectivity index (χ3n) is 3.93. The van der Waals surface area contributed by atoms with E-state index in [0.29, 0.717) is 23.9 Å². The molecule has 7 heteroatoms. The molecule has 0 aliphatic heterocycles. The van der Waals surface area contributed by atoms with Crippen LogP contribution in [0.4, 0.5) is 0 Å². The number of aryl methyl sites for hydroxylation is 2. The summed E-state index contributed by atoms with van der Waals surface area (Å²) in [5.74, 6) is 0.601. The fourth-order valence-electron chi connectivity index (χ4n) is 2.49. The molecular weight excluding hydrogens is 461 g/mol. The van der Waals surface area contributed by atoms with Crippen molar-refractivity contribution in [2.45, 2.75) is 25.3 Å². The van der Waals surface area contributed by atoms with Crippen molar-refractivity contribution in [2.24, 2.45) is 4.99 Å². The maximum absolute atomic E-state index is 12.3. The fraction of sp³-hybridized carbons (Fsp3) is 0.316. The fourth-order valence-corrected chi connectivity index (χ4v) is 3.67. The van der Waals surface area contributed by atoms with Gasteiger partial charge in [-0.05, 0) is 37.1 Å². The lowest BCUT2D eigenvalue weighted by Gasteiger charge is -2.13. The Labute approximate surface area is 173 Å². The quantitative estimate of drug-likeness (QED) is 0.374. The van der Waals surface area contributed by atoms with E-state index in [2.05, 4.69) is 47.7 Å². The van der Waals surface area contributed by atoms with Gasteiger partial charge in [0.25, 0.3) is 0 Å². The van der Waals surface area contributed by atoms with Gasteiger partial charge in [0.2, 0.25) is 0 Å². The maximum atomic E-state index is 12.3. The van der Waals surface area contributed by atoms with Crippen molar-refractivity contribution in [3.63, 3.8) is 0 Å². The van der Waals surface area contributed by atoms with Gasteiger partial charge in [-0.1, -0.05) is 42.0 Å². The Balaban J connectivity index is 0.00000338. The average molecular weight is 487 g/mol. The van der Waals surface area contributed by atoms with Crippen molar-refractivity contribution < 1.29 is 8.42 Å². The van der Waals surface area contributed by atoms with E-state index in [1.165, 1.54) is 16.7 Å². The summed E-state index contributed by atoms with van der Waals surface area (Å²) in [6.07, 6.45) is 0. The van der Waals surface area contributed by atoms with Gasteiger partial charge < -0.3 is 10.6 Å². The van der Waals surface area contributed by atoms with Crippen LogP contribution in [-0.2, 0) is 16.4 Å². The van der Waals surface area contributed by atoms with Crippen LogP contribution in [0.3, 0.4) is 0 Å². The number of nitrogens with one attached hydrogen (secondary N) is 2. The van der Waals surface area contributed by atoms with Crippen molar-refractivity contribution in [1.82, 2.24) is 10.6 Å². The van der Waals surface area contributed by atoms with Crippen LogP contribution >= 0.6 is 24.0 Å². The van der Waals surface area contributed by atoms with Gasteiger partial charge in [-0.25, -0.2) is 8.42 Å². The summed E-state index contributed by atoms with van der Waals surface area (Å²) in [6, 6.07) is 14.8. The highest BCUT2D eigenvalue weighted by Crippen LogP contribution is 2.10. The summed E-state index contributed by atoms with van der Waals surface area (Å²) in [6.45, 7) is 5.07. The minimum Gasteiger partial charge on any atom is -0.355 e. The number of hydrogen-bond acceptors (Lipinski definition) is 3. The maximum Gasteiger partial charge on any atom is 0.191 e. The van der Waals surface area contributed by atoms with Gasteiger partial charge in [0.05, 0.1) is 10.6 Å². The van der Waals surface area contributed by atoms with Crippen molar-refractivity contribution in [2.75, 3.05) is 19.3 Å². The van der Waals surface area contributed by atoms with Crippen molar-refractivity contribution in [1.29, 1.82) is 0 Å². The Bertz CT molecular complexity index is 837. The van der Waals surface area contributed by atoms with Crippen molar-refractivity contribution in [3.8, 4) is 0 Å². The van der Waals surface area contributed by atoms with Crippen LogP contribution in [0.15, 0.2) is 58.4 Å². The Kier molecular flexibility index (Phi) is 9.07. The van der Waals surface area contributed by atoms with Crippen LogP contribution in [0.25, 0.3) is 0 Å². The largest absolute Gasteiger partial charge is 0.355 e. The van der Waals surface area contributed by atoms with Crippen LogP contribution in [0, 0.1) is 13.8 Å². The molecule has 142 valence electrons. The molecule has 0 unspecified atom stereocenters. The third kappa shape index (κ3) is 6.60. The van der Waals surface area contributed by atoms with Gasteiger partial charge in [-0.15, -0.1) is 24.0 Å². The SMILES string of the molecule is CN=C(NCCS(=O)(=O)c1ccccc1)NCc1ccc(C)cc1C.I. The summed E-state index contributed by atoms with van der Waals surface area (Å²) >= 11 is 0. The molecule has 0 saturated heterocycles. The van der Waals surface area contributed by atoms with E-state index in [1.54, 1.807) is 37.4 Å². The lowest BCUT2D eigenvalue weighted by atomic mass is 10.1. The minimum absolute atomic E-state index is 0. The molecular formula is C19H26IN3O2S. The zero-order valence-electron chi connectivity index (χ0n) is 15.3. The summed E-state index contributed by atoms with van der Waals surface area (Å²) in [5.41, 5.74) is 3.63. The van der Waals surface area contributed by atoms with Gasteiger partial charge in [-0.2, -0.15) is 0 Å². The molecule has 0 aliphatic carbocycles. The van der Waals surface area contributed by atoms with E-state index in [4.69, 9.17) is 0 Å². The van der Waals surface area contributed by atoms with E-state index in [1.807, 2.05) is 0 Å². The monoisotopic (exact) mass is 487 g/mol. The number of hydrogen-bond donors (Lipinski definition) is 2. The second-order valence-corrected chi connectivity index (χ2v) is 8.02. The second-order valence-electron chi connectivity index (χ2n) is 5.91. The first kappa shape index (κ1) is 22.4. The molecule has 0 amide bonds. The predicted molar refractivity (Wildman–Crippen MR) is 118 cm³/mol. The number of halogens is 1. The number of aliphatic imine (C=N–C) groups is 1.